The number of urea groups is 1. The smallest absolute Gasteiger partial charge is 0.347 e. The van der Waals surface area contributed by atoms with Crippen LogP contribution in [-0.2, 0) is 19.1 Å². The van der Waals surface area contributed by atoms with Crippen LogP contribution < -0.4 is 10.6 Å². The fourth-order valence-corrected chi connectivity index (χ4v) is 2.13. The van der Waals surface area contributed by atoms with E-state index in [0.717, 1.165) is 0 Å². The molecule has 2 atom stereocenters. The van der Waals surface area contributed by atoms with Gasteiger partial charge in [0.25, 0.3) is 0 Å². The van der Waals surface area contributed by atoms with Crippen molar-refractivity contribution in [2.45, 2.75) is 32.4 Å². The Hall–Kier alpha value is -2.57. The lowest BCUT2D eigenvalue weighted by atomic mass is 10.0. The number of carbonyl (C=O) groups excluding carboxylic acids is 3. The van der Waals surface area contributed by atoms with E-state index in [1.807, 2.05) is 6.07 Å². The molecule has 0 bridgehead atoms. The van der Waals surface area contributed by atoms with Crippen LogP contribution in [-0.4, -0.2) is 36.7 Å². The second-order valence-electron chi connectivity index (χ2n) is 5.57. The lowest BCUT2D eigenvalue weighted by Gasteiger charge is -2.22. The van der Waals surface area contributed by atoms with Crippen LogP contribution in [0.3, 0.4) is 0 Å². The van der Waals surface area contributed by atoms with Crippen LogP contribution in [0.5, 0.6) is 0 Å². The maximum Gasteiger partial charge on any atom is 0.347 e. The van der Waals surface area contributed by atoms with Crippen LogP contribution in [0.25, 0.3) is 0 Å². The Morgan fingerprint density at radius 1 is 1.26 bits per heavy atom. The van der Waals surface area contributed by atoms with E-state index < -0.39 is 30.1 Å². The van der Waals surface area contributed by atoms with Gasteiger partial charge in [0, 0.05) is 12.1 Å². The number of ether oxygens (including phenoxy) is 2. The average molecular weight is 320 g/mol. The number of hydrogen-bond donors (Lipinski definition) is 2. The van der Waals surface area contributed by atoms with Gasteiger partial charge in [-0.2, -0.15) is 0 Å². The first-order valence-electron chi connectivity index (χ1n) is 7.47. The molecule has 0 aromatic heterocycles. The van der Waals surface area contributed by atoms with Crippen molar-refractivity contribution in [3.8, 4) is 0 Å². The van der Waals surface area contributed by atoms with Gasteiger partial charge in [0.1, 0.15) is 6.04 Å². The van der Waals surface area contributed by atoms with E-state index in [9.17, 15) is 14.4 Å². The molecule has 1 aliphatic rings. The van der Waals surface area contributed by atoms with E-state index in [2.05, 4.69) is 10.6 Å². The van der Waals surface area contributed by atoms with Crippen LogP contribution in [0.2, 0.25) is 0 Å². The van der Waals surface area contributed by atoms with E-state index >= 15 is 0 Å². The van der Waals surface area contributed by atoms with E-state index in [1.165, 1.54) is 0 Å². The number of benzene rings is 1. The van der Waals surface area contributed by atoms with Crippen LogP contribution in [0, 0.1) is 5.92 Å². The third-order valence-corrected chi connectivity index (χ3v) is 3.38. The monoisotopic (exact) mass is 320 g/mol. The summed E-state index contributed by atoms with van der Waals surface area (Å²) in [5.41, 5.74) is 0.611. The molecule has 1 fully saturated rings. The first-order valence-corrected chi connectivity index (χ1v) is 7.47. The predicted octanol–water partition coefficient (Wildman–Crippen LogP) is 1.69. The Balaban J connectivity index is 1.93. The predicted molar refractivity (Wildman–Crippen MR) is 82.7 cm³/mol. The number of hydrogen-bond acceptors (Lipinski definition) is 5. The highest BCUT2D eigenvalue weighted by Crippen LogP contribution is 2.14. The minimum atomic E-state index is -0.886. The molecule has 2 N–H and O–H groups in total. The van der Waals surface area contributed by atoms with Crippen molar-refractivity contribution >= 4 is 23.7 Å². The summed E-state index contributed by atoms with van der Waals surface area (Å²) in [4.78, 5) is 35.6. The van der Waals surface area contributed by atoms with Gasteiger partial charge in [0.15, 0.2) is 0 Å². The zero-order valence-corrected chi connectivity index (χ0v) is 13.1. The molecule has 0 unspecified atom stereocenters. The standard InChI is InChI=1S/C16H20N2O5/c1-10(2)13(15(20)23-12-8-9-22-14(12)19)18-16(21)17-11-6-4-3-5-7-11/h3-7,10,12-13H,8-9H2,1-2H3,(H2,17,18,21)/t12-,13-/m0/s1. The highest BCUT2D eigenvalue weighted by atomic mass is 16.6. The van der Waals surface area contributed by atoms with Crippen molar-refractivity contribution in [1.29, 1.82) is 0 Å². The molecule has 7 heteroatoms. The van der Waals surface area contributed by atoms with E-state index in [1.54, 1.807) is 38.1 Å². The third-order valence-electron chi connectivity index (χ3n) is 3.38. The van der Waals surface area contributed by atoms with Gasteiger partial charge in [-0.05, 0) is 18.1 Å². The molecule has 1 saturated heterocycles. The average Bonchev–Trinajstić information content (AvgIpc) is 2.90. The van der Waals surface area contributed by atoms with Crippen molar-refractivity contribution in [2.24, 2.45) is 5.92 Å². The lowest BCUT2D eigenvalue weighted by molar-refractivity contribution is -0.162. The molecule has 124 valence electrons. The zero-order chi connectivity index (χ0) is 16.8. The van der Waals surface area contributed by atoms with Crippen LogP contribution in [0.1, 0.15) is 20.3 Å². The van der Waals surface area contributed by atoms with Crippen molar-refractivity contribution in [3.63, 3.8) is 0 Å². The van der Waals surface area contributed by atoms with Gasteiger partial charge in [-0.1, -0.05) is 32.0 Å². The van der Waals surface area contributed by atoms with E-state index in [0.29, 0.717) is 12.1 Å². The number of amides is 2. The first kappa shape index (κ1) is 16.8. The van der Waals surface area contributed by atoms with Crippen molar-refractivity contribution < 1.29 is 23.9 Å². The van der Waals surface area contributed by atoms with Gasteiger partial charge in [0.2, 0.25) is 6.10 Å². The van der Waals surface area contributed by atoms with Crippen molar-refractivity contribution in [2.75, 3.05) is 11.9 Å². The van der Waals surface area contributed by atoms with Gasteiger partial charge >= 0.3 is 18.0 Å². The summed E-state index contributed by atoms with van der Waals surface area (Å²) < 4.78 is 9.89. The molecule has 0 spiro atoms. The number of cyclic esters (lactones) is 1. The molecule has 0 aliphatic carbocycles. The molecule has 23 heavy (non-hydrogen) atoms. The number of carbonyl (C=O) groups is 3. The number of para-hydroxylation sites is 1. The van der Waals surface area contributed by atoms with Crippen LogP contribution in [0.15, 0.2) is 30.3 Å². The maximum atomic E-state index is 12.2. The zero-order valence-electron chi connectivity index (χ0n) is 13.1. The van der Waals surface area contributed by atoms with Crippen molar-refractivity contribution in [3.05, 3.63) is 30.3 Å². The summed E-state index contributed by atoms with van der Waals surface area (Å²) in [6.07, 6.45) is -0.547. The van der Waals surface area contributed by atoms with Gasteiger partial charge < -0.3 is 20.1 Å². The topological polar surface area (TPSA) is 93.7 Å². The first-order chi connectivity index (χ1) is 11.0. The summed E-state index contributed by atoms with van der Waals surface area (Å²) in [5.74, 6) is -1.39. The van der Waals surface area contributed by atoms with Gasteiger partial charge in [0.05, 0.1) is 6.61 Å². The molecule has 2 amide bonds. The highest BCUT2D eigenvalue weighted by molar-refractivity contribution is 5.93. The molecule has 0 radical (unpaired) electrons. The molecule has 7 nitrogen and oxygen atoms in total. The van der Waals surface area contributed by atoms with Crippen molar-refractivity contribution in [1.82, 2.24) is 5.32 Å². The summed E-state index contributed by atoms with van der Waals surface area (Å²) in [6.45, 7) is 3.80. The summed E-state index contributed by atoms with van der Waals surface area (Å²) in [7, 11) is 0. The largest absolute Gasteiger partial charge is 0.463 e. The second kappa shape index (κ2) is 7.62. The molecular formula is C16H20N2O5. The number of rotatable bonds is 5. The molecule has 1 aromatic rings. The molecule has 1 aromatic carbocycles. The fraction of sp³-hybridized carbons (Fsp3) is 0.438. The Bertz CT molecular complexity index is 573. The molecule has 2 rings (SSSR count). The Labute approximate surface area is 134 Å². The Morgan fingerprint density at radius 3 is 2.52 bits per heavy atom. The van der Waals surface area contributed by atoms with E-state index in [-0.39, 0.29) is 12.5 Å². The Kier molecular flexibility index (Phi) is 5.56. The number of nitrogens with one attached hydrogen (secondary N) is 2. The van der Waals surface area contributed by atoms with E-state index in [4.69, 9.17) is 9.47 Å². The number of esters is 2. The maximum absolute atomic E-state index is 12.2. The molecule has 1 aliphatic heterocycles. The number of anilines is 1. The lowest BCUT2D eigenvalue weighted by Crippen LogP contribution is -2.48. The quantitative estimate of drug-likeness (QED) is 0.805. The minimum absolute atomic E-state index is 0.193. The van der Waals surface area contributed by atoms with Crippen LogP contribution >= 0.6 is 0 Å². The normalized spacial score (nSPS) is 18.2. The summed E-state index contributed by atoms with van der Waals surface area (Å²) >= 11 is 0. The molecule has 0 saturated carbocycles. The fourth-order valence-electron chi connectivity index (χ4n) is 2.13. The molecular weight excluding hydrogens is 300 g/mol. The SMILES string of the molecule is CC(C)[C@H](NC(=O)Nc1ccccc1)C(=O)O[C@H]1CCOC1=O. The van der Waals surface area contributed by atoms with Gasteiger partial charge in [-0.25, -0.2) is 14.4 Å². The summed E-state index contributed by atoms with van der Waals surface area (Å²) in [5, 5.41) is 5.21. The van der Waals surface area contributed by atoms with Crippen LogP contribution in [0.4, 0.5) is 10.5 Å². The minimum Gasteiger partial charge on any atom is -0.463 e. The highest BCUT2D eigenvalue weighted by Gasteiger charge is 2.34. The Morgan fingerprint density at radius 2 is 1.96 bits per heavy atom. The molecule has 1 heterocycles. The second-order valence-corrected chi connectivity index (χ2v) is 5.57. The van der Waals surface area contributed by atoms with Gasteiger partial charge in [-0.3, -0.25) is 0 Å². The third kappa shape index (κ3) is 4.70. The summed E-state index contributed by atoms with van der Waals surface area (Å²) in [6, 6.07) is 7.50. The van der Waals surface area contributed by atoms with Gasteiger partial charge in [-0.15, -0.1) is 0 Å².